The molecule has 4 heteroatoms. The van der Waals surface area contributed by atoms with E-state index in [0.29, 0.717) is 12.2 Å². The van der Waals surface area contributed by atoms with Gasteiger partial charge < -0.3 is 9.64 Å². The van der Waals surface area contributed by atoms with Crippen LogP contribution in [0.2, 0.25) is 0 Å². The van der Waals surface area contributed by atoms with Gasteiger partial charge in [0.1, 0.15) is 5.82 Å². The van der Waals surface area contributed by atoms with Gasteiger partial charge in [-0.2, -0.15) is 0 Å². The first-order valence-electron chi connectivity index (χ1n) is 5.90. The Kier molecular flexibility index (Phi) is 4.00. The highest BCUT2D eigenvalue weighted by molar-refractivity contribution is 5.47. The maximum absolute atomic E-state index is 13.6. The van der Waals surface area contributed by atoms with Gasteiger partial charge in [-0.05, 0) is 29.8 Å². The summed E-state index contributed by atoms with van der Waals surface area (Å²) in [6.07, 6.45) is 0. The summed E-state index contributed by atoms with van der Waals surface area (Å²) in [6.45, 7) is 0.418. The molecule has 0 bridgehead atoms. The molecule has 0 atom stereocenters. The lowest BCUT2D eigenvalue weighted by molar-refractivity contribution is 0.386. The summed E-state index contributed by atoms with van der Waals surface area (Å²) in [6, 6.07) is 11.2. The molecule has 2 rings (SSSR count). The van der Waals surface area contributed by atoms with Gasteiger partial charge in [0.15, 0.2) is 11.6 Å². The van der Waals surface area contributed by atoms with Crippen molar-refractivity contribution in [1.82, 2.24) is 0 Å². The van der Waals surface area contributed by atoms with E-state index in [1.165, 1.54) is 19.2 Å². The summed E-state index contributed by atoms with van der Waals surface area (Å²) in [5, 5.41) is 0. The topological polar surface area (TPSA) is 12.5 Å². The Balaban J connectivity index is 2.17. The van der Waals surface area contributed by atoms with Crippen LogP contribution >= 0.6 is 0 Å². The summed E-state index contributed by atoms with van der Waals surface area (Å²) in [5.74, 6) is -0.502. The lowest BCUT2D eigenvalue weighted by Crippen LogP contribution is -2.17. The minimum Gasteiger partial charge on any atom is -0.494 e. The maximum atomic E-state index is 13.6. The molecule has 0 aliphatic carbocycles. The van der Waals surface area contributed by atoms with E-state index in [1.54, 1.807) is 42.3 Å². The van der Waals surface area contributed by atoms with Crippen LogP contribution in [0.1, 0.15) is 5.56 Å². The molecule has 0 heterocycles. The van der Waals surface area contributed by atoms with Crippen LogP contribution in [0.15, 0.2) is 42.5 Å². The van der Waals surface area contributed by atoms with E-state index in [4.69, 9.17) is 4.74 Å². The van der Waals surface area contributed by atoms with Gasteiger partial charge in [0.05, 0.1) is 12.8 Å². The number of para-hydroxylation sites is 1. The fourth-order valence-corrected chi connectivity index (χ4v) is 1.93. The van der Waals surface area contributed by atoms with Crippen molar-refractivity contribution in [2.24, 2.45) is 0 Å². The molecule has 0 spiro atoms. The second-order valence-electron chi connectivity index (χ2n) is 4.28. The highest BCUT2D eigenvalue weighted by Crippen LogP contribution is 2.22. The molecular formula is C15H15F2NO. The van der Waals surface area contributed by atoms with E-state index in [0.717, 1.165) is 5.56 Å². The van der Waals surface area contributed by atoms with Crippen LogP contribution in [0.3, 0.4) is 0 Å². The molecule has 0 aromatic heterocycles. The van der Waals surface area contributed by atoms with Crippen LogP contribution in [0.4, 0.5) is 14.5 Å². The molecule has 0 fully saturated rings. The van der Waals surface area contributed by atoms with Crippen LogP contribution in [0, 0.1) is 11.6 Å². The molecule has 0 amide bonds. The summed E-state index contributed by atoms with van der Waals surface area (Å²) in [7, 11) is 3.18. The van der Waals surface area contributed by atoms with Gasteiger partial charge >= 0.3 is 0 Å². The number of nitrogens with zero attached hydrogens (tertiary/aromatic N) is 1. The largest absolute Gasteiger partial charge is 0.494 e. The summed E-state index contributed by atoms with van der Waals surface area (Å²) in [4.78, 5) is 1.73. The van der Waals surface area contributed by atoms with Gasteiger partial charge in [-0.25, -0.2) is 8.78 Å². The fraction of sp³-hybridized carbons (Fsp3) is 0.200. The van der Waals surface area contributed by atoms with Crippen LogP contribution < -0.4 is 9.64 Å². The molecule has 2 nitrogen and oxygen atoms in total. The van der Waals surface area contributed by atoms with E-state index in [1.807, 2.05) is 0 Å². The molecule has 0 saturated carbocycles. The first-order valence-corrected chi connectivity index (χ1v) is 5.90. The Morgan fingerprint density at radius 2 is 1.79 bits per heavy atom. The third kappa shape index (κ3) is 3.02. The van der Waals surface area contributed by atoms with Gasteiger partial charge in [-0.15, -0.1) is 0 Å². The predicted molar refractivity (Wildman–Crippen MR) is 71.5 cm³/mol. The quantitative estimate of drug-likeness (QED) is 0.835. The van der Waals surface area contributed by atoms with Gasteiger partial charge in [0.25, 0.3) is 0 Å². The highest BCUT2D eigenvalue weighted by atomic mass is 19.1. The number of rotatable bonds is 4. The van der Waals surface area contributed by atoms with Crippen molar-refractivity contribution in [2.75, 3.05) is 19.1 Å². The first kappa shape index (κ1) is 13.3. The van der Waals surface area contributed by atoms with Crippen molar-refractivity contribution in [2.45, 2.75) is 6.54 Å². The van der Waals surface area contributed by atoms with Gasteiger partial charge in [-0.3, -0.25) is 0 Å². The minimum absolute atomic E-state index is 0.206. The Bertz CT molecular complexity index is 572. The van der Waals surface area contributed by atoms with E-state index in [9.17, 15) is 8.78 Å². The van der Waals surface area contributed by atoms with E-state index in [-0.39, 0.29) is 11.6 Å². The van der Waals surface area contributed by atoms with Crippen LogP contribution in [-0.2, 0) is 6.54 Å². The Hall–Kier alpha value is -2.10. The van der Waals surface area contributed by atoms with Gasteiger partial charge in [-0.1, -0.05) is 18.2 Å². The van der Waals surface area contributed by atoms with Crippen LogP contribution in [-0.4, -0.2) is 14.2 Å². The van der Waals surface area contributed by atoms with E-state index >= 15 is 0 Å². The second kappa shape index (κ2) is 5.69. The summed E-state index contributed by atoms with van der Waals surface area (Å²) < 4.78 is 32.0. The molecule has 0 N–H and O–H groups in total. The molecule has 0 unspecified atom stereocenters. The molecule has 0 aliphatic heterocycles. The molecule has 100 valence electrons. The lowest BCUT2D eigenvalue weighted by atomic mass is 10.2. The van der Waals surface area contributed by atoms with Crippen molar-refractivity contribution < 1.29 is 13.5 Å². The molecule has 19 heavy (non-hydrogen) atoms. The third-order valence-corrected chi connectivity index (χ3v) is 2.90. The number of hydrogen-bond acceptors (Lipinski definition) is 2. The lowest BCUT2D eigenvalue weighted by Gasteiger charge is -2.20. The monoisotopic (exact) mass is 263 g/mol. The Morgan fingerprint density at radius 3 is 2.42 bits per heavy atom. The zero-order chi connectivity index (χ0) is 13.8. The van der Waals surface area contributed by atoms with Crippen molar-refractivity contribution in [3.8, 4) is 5.75 Å². The predicted octanol–water partition coefficient (Wildman–Crippen LogP) is 3.61. The van der Waals surface area contributed by atoms with E-state index < -0.39 is 5.82 Å². The Labute approximate surface area is 111 Å². The molecule has 0 radical (unpaired) electrons. The van der Waals surface area contributed by atoms with Crippen LogP contribution in [0.25, 0.3) is 0 Å². The SMILES string of the molecule is COc1ccc(CN(C)c2ccccc2F)cc1F. The maximum Gasteiger partial charge on any atom is 0.165 e. The number of hydrogen-bond donors (Lipinski definition) is 0. The zero-order valence-electron chi connectivity index (χ0n) is 10.9. The van der Waals surface area contributed by atoms with Crippen molar-refractivity contribution in [1.29, 1.82) is 0 Å². The minimum atomic E-state index is -0.415. The van der Waals surface area contributed by atoms with Gasteiger partial charge in [0.2, 0.25) is 0 Å². The van der Waals surface area contributed by atoms with E-state index in [2.05, 4.69) is 0 Å². The average Bonchev–Trinajstić information content (AvgIpc) is 2.39. The van der Waals surface area contributed by atoms with Crippen molar-refractivity contribution in [3.05, 3.63) is 59.7 Å². The smallest absolute Gasteiger partial charge is 0.165 e. The number of benzene rings is 2. The van der Waals surface area contributed by atoms with Crippen LogP contribution in [0.5, 0.6) is 5.75 Å². The highest BCUT2D eigenvalue weighted by Gasteiger charge is 2.09. The van der Waals surface area contributed by atoms with Crippen molar-refractivity contribution >= 4 is 5.69 Å². The van der Waals surface area contributed by atoms with Gasteiger partial charge in [0, 0.05) is 13.6 Å². The third-order valence-electron chi connectivity index (χ3n) is 2.90. The summed E-state index contributed by atoms with van der Waals surface area (Å²) in [5.41, 5.74) is 1.24. The number of ether oxygens (including phenoxy) is 1. The average molecular weight is 263 g/mol. The Morgan fingerprint density at radius 1 is 1.05 bits per heavy atom. The fourth-order valence-electron chi connectivity index (χ4n) is 1.93. The number of methoxy groups -OCH3 is 1. The molecule has 2 aromatic carbocycles. The molecular weight excluding hydrogens is 248 g/mol. The second-order valence-corrected chi connectivity index (χ2v) is 4.28. The number of halogens is 2. The molecule has 0 aliphatic rings. The zero-order valence-corrected chi connectivity index (χ0v) is 10.9. The molecule has 2 aromatic rings. The molecule has 0 saturated heterocycles. The standard InChI is InChI=1S/C15H15F2NO/c1-18(14-6-4-3-5-12(14)16)10-11-7-8-15(19-2)13(17)9-11/h3-9H,10H2,1-2H3. The normalized spacial score (nSPS) is 10.3. The first-order chi connectivity index (χ1) is 9.11. The summed E-state index contributed by atoms with van der Waals surface area (Å²) >= 11 is 0. The number of anilines is 1. The van der Waals surface area contributed by atoms with Crippen molar-refractivity contribution in [3.63, 3.8) is 0 Å².